The van der Waals surface area contributed by atoms with E-state index in [0.29, 0.717) is 21.7 Å². The summed E-state index contributed by atoms with van der Waals surface area (Å²) < 4.78 is 1.61. The number of benzene rings is 3. The molecule has 116 valence electrons. The zero-order chi connectivity index (χ0) is 16.5. The number of nitrogens with zero attached hydrogens (tertiary/aromatic N) is 2. The van der Waals surface area contributed by atoms with Gasteiger partial charge in [0.05, 0.1) is 21.6 Å². The van der Waals surface area contributed by atoms with Gasteiger partial charge in [-0.05, 0) is 36.4 Å². The van der Waals surface area contributed by atoms with E-state index in [2.05, 4.69) is 0 Å². The summed E-state index contributed by atoms with van der Waals surface area (Å²) in [6.07, 6.45) is 0. The van der Waals surface area contributed by atoms with Crippen molar-refractivity contribution >= 4 is 22.5 Å². The number of aromatic nitrogens is 2. The summed E-state index contributed by atoms with van der Waals surface area (Å²) >= 11 is 6.37. The van der Waals surface area contributed by atoms with Gasteiger partial charge in [0, 0.05) is 5.56 Å². The standard InChI is InChI=1S/C20H13ClN2O/c21-17-12-6-4-10-15(17)19-22-18-13-7-5-11-16(18)20(24)23(19)14-8-2-1-3-9-14/h1-13H. The molecule has 0 unspecified atom stereocenters. The molecule has 0 saturated heterocycles. The van der Waals surface area contributed by atoms with Crippen LogP contribution < -0.4 is 5.56 Å². The Morgan fingerprint density at radius 3 is 2.25 bits per heavy atom. The normalized spacial score (nSPS) is 10.9. The number of fused-ring (bicyclic) bond motifs is 1. The molecule has 0 amide bonds. The largest absolute Gasteiger partial charge is 0.268 e. The van der Waals surface area contributed by atoms with Gasteiger partial charge in [0.25, 0.3) is 5.56 Å². The van der Waals surface area contributed by atoms with Crippen LogP contribution in [0, 0.1) is 0 Å². The fourth-order valence-corrected chi connectivity index (χ4v) is 2.99. The molecule has 0 saturated carbocycles. The molecule has 0 aliphatic rings. The third-order valence-electron chi connectivity index (χ3n) is 3.90. The van der Waals surface area contributed by atoms with Crippen molar-refractivity contribution in [3.63, 3.8) is 0 Å². The number of hydrogen-bond acceptors (Lipinski definition) is 2. The Morgan fingerprint density at radius 1 is 0.792 bits per heavy atom. The van der Waals surface area contributed by atoms with Crippen LogP contribution in [-0.2, 0) is 0 Å². The highest BCUT2D eigenvalue weighted by Crippen LogP contribution is 2.28. The molecular weight excluding hydrogens is 320 g/mol. The predicted octanol–water partition coefficient (Wildman–Crippen LogP) is 4.71. The van der Waals surface area contributed by atoms with Gasteiger partial charge in [-0.2, -0.15) is 0 Å². The van der Waals surface area contributed by atoms with Crippen molar-refractivity contribution in [1.82, 2.24) is 9.55 Å². The van der Waals surface area contributed by atoms with Crippen LogP contribution in [0.2, 0.25) is 5.02 Å². The molecular formula is C20H13ClN2O. The van der Waals surface area contributed by atoms with Crippen molar-refractivity contribution in [3.05, 3.63) is 94.2 Å². The Hall–Kier alpha value is -2.91. The third-order valence-corrected chi connectivity index (χ3v) is 4.23. The Bertz CT molecular complexity index is 1090. The van der Waals surface area contributed by atoms with E-state index >= 15 is 0 Å². The average Bonchev–Trinajstić information content (AvgIpc) is 2.63. The van der Waals surface area contributed by atoms with Crippen molar-refractivity contribution < 1.29 is 0 Å². The summed E-state index contributed by atoms with van der Waals surface area (Å²) in [6, 6.07) is 24.2. The third kappa shape index (κ3) is 2.39. The van der Waals surface area contributed by atoms with Gasteiger partial charge in [-0.25, -0.2) is 4.98 Å². The highest BCUT2D eigenvalue weighted by molar-refractivity contribution is 6.33. The lowest BCUT2D eigenvalue weighted by atomic mass is 10.1. The van der Waals surface area contributed by atoms with Crippen LogP contribution in [0.15, 0.2) is 83.7 Å². The number of hydrogen-bond donors (Lipinski definition) is 0. The van der Waals surface area contributed by atoms with Gasteiger partial charge in [-0.3, -0.25) is 9.36 Å². The van der Waals surface area contributed by atoms with E-state index in [0.717, 1.165) is 11.3 Å². The van der Waals surface area contributed by atoms with E-state index in [1.807, 2.05) is 66.7 Å². The van der Waals surface area contributed by atoms with Crippen molar-refractivity contribution in [1.29, 1.82) is 0 Å². The number of rotatable bonds is 2. The van der Waals surface area contributed by atoms with Crippen molar-refractivity contribution in [3.8, 4) is 17.1 Å². The first-order chi connectivity index (χ1) is 11.8. The van der Waals surface area contributed by atoms with Gasteiger partial charge in [0.2, 0.25) is 0 Å². The van der Waals surface area contributed by atoms with E-state index < -0.39 is 0 Å². The Labute approximate surface area is 143 Å². The summed E-state index contributed by atoms with van der Waals surface area (Å²) in [5, 5.41) is 1.14. The van der Waals surface area contributed by atoms with Crippen LogP contribution in [0.5, 0.6) is 0 Å². The molecule has 0 spiro atoms. The second-order valence-corrected chi connectivity index (χ2v) is 5.82. The maximum absolute atomic E-state index is 13.1. The van der Waals surface area contributed by atoms with Crippen LogP contribution in [0.3, 0.4) is 0 Å². The SMILES string of the molecule is O=c1c2ccccc2nc(-c2ccccc2Cl)n1-c1ccccc1. The smallest absolute Gasteiger partial charge is 0.266 e. The molecule has 0 aliphatic carbocycles. The predicted molar refractivity (Wildman–Crippen MR) is 97.8 cm³/mol. The summed E-state index contributed by atoms with van der Waals surface area (Å²) in [6.45, 7) is 0. The molecule has 3 nitrogen and oxygen atoms in total. The molecule has 0 fully saturated rings. The Morgan fingerprint density at radius 2 is 1.46 bits per heavy atom. The first kappa shape index (κ1) is 14.7. The second-order valence-electron chi connectivity index (χ2n) is 5.41. The van der Waals surface area contributed by atoms with Crippen LogP contribution in [0.1, 0.15) is 0 Å². The molecule has 24 heavy (non-hydrogen) atoms. The molecule has 0 bridgehead atoms. The minimum Gasteiger partial charge on any atom is -0.268 e. The van der Waals surface area contributed by atoms with Gasteiger partial charge < -0.3 is 0 Å². The highest BCUT2D eigenvalue weighted by Gasteiger charge is 2.15. The topological polar surface area (TPSA) is 34.9 Å². The van der Waals surface area contributed by atoms with Gasteiger partial charge in [-0.1, -0.05) is 54.1 Å². The summed E-state index contributed by atoms with van der Waals surface area (Å²) in [5.41, 5.74) is 2.04. The fourth-order valence-electron chi connectivity index (χ4n) is 2.77. The van der Waals surface area contributed by atoms with E-state index in [1.54, 1.807) is 16.7 Å². The van der Waals surface area contributed by atoms with Crippen molar-refractivity contribution in [2.24, 2.45) is 0 Å². The minimum atomic E-state index is -0.110. The van der Waals surface area contributed by atoms with Crippen molar-refractivity contribution in [2.45, 2.75) is 0 Å². The Kier molecular flexibility index (Phi) is 3.63. The summed E-state index contributed by atoms with van der Waals surface area (Å²) in [7, 11) is 0. The monoisotopic (exact) mass is 332 g/mol. The second kappa shape index (κ2) is 5.95. The lowest BCUT2D eigenvalue weighted by molar-refractivity contribution is 0.976. The van der Waals surface area contributed by atoms with E-state index in [9.17, 15) is 4.79 Å². The molecule has 4 aromatic rings. The van der Waals surface area contributed by atoms with Crippen molar-refractivity contribution in [2.75, 3.05) is 0 Å². The number of halogens is 1. The molecule has 1 heterocycles. The van der Waals surface area contributed by atoms with Crippen LogP contribution in [0.25, 0.3) is 28.0 Å². The van der Waals surface area contributed by atoms with Crippen LogP contribution >= 0.6 is 11.6 Å². The zero-order valence-corrected chi connectivity index (χ0v) is 13.4. The number of para-hydroxylation sites is 2. The van der Waals surface area contributed by atoms with E-state index in [4.69, 9.17) is 16.6 Å². The van der Waals surface area contributed by atoms with E-state index in [-0.39, 0.29) is 5.56 Å². The van der Waals surface area contributed by atoms with Gasteiger partial charge >= 0.3 is 0 Å². The molecule has 0 aliphatic heterocycles. The lowest BCUT2D eigenvalue weighted by Gasteiger charge is -2.14. The molecule has 1 aromatic heterocycles. The molecule has 4 heteroatoms. The first-order valence-corrected chi connectivity index (χ1v) is 7.95. The maximum atomic E-state index is 13.1. The average molecular weight is 333 g/mol. The molecule has 4 rings (SSSR count). The Balaban J connectivity index is 2.16. The molecule has 0 N–H and O–H groups in total. The van der Waals surface area contributed by atoms with Crippen LogP contribution in [-0.4, -0.2) is 9.55 Å². The van der Waals surface area contributed by atoms with Gasteiger partial charge in [0.1, 0.15) is 5.82 Å². The zero-order valence-electron chi connectivity index (χ0n) is 12.7. The van der Waals surface area contributed by atoms with E-state index in [1.165, 1.54) is 0 Å². The van der Waals surface area contributed by atoms with Gasteiger partial charge in [0.15, 0.2) is 0 Å². The molecule has 3 aromatic carbocycles. The highest BCUT2D eigenvalue weighted by atomic mass is 35.5. The molecule has 0 radical (unpaired) electrons. The quantitative estimate of drug-likeness (QED) is 0.533. The maximum Gasteiger partial charge on any atom is 0.266 e. The fraction of sp³-hybridized carbons (Fsp3) is 0. The lowest BCUT2D eigenvalue weighted by Crippen LogP contribution is -2.22. The summed E-state index contributed by atoms with van der Waals surface area (Å²) in [5.74, 6) is 0.538. The molecule has 0 atom stereocenters. The van der Waals surface area contributed by atoms with Gasteiger partial charge in [-0.15, -0.1) is 0 Å². The first-order valence-electron chi connectivity index (χ1n) is 7.58. The summed E-state index contributed by atoms with van der Waals surface area (Å²) in [4.78, 5) is 17.8. The minimum absolute atomic E-state index is 0.110. The van der Waals surface area contributed by atoms with Crippen LogP contribution in [0.4, 0.5) is 0 Å².